The van der Waals surface area contributed by atoms with Crippen molar-refractivity contribution < 1.29 is 28.9 Å². The van der Waals surface area contributed by atoms with Crippen molar-refractivity contribution in [2.75, 3.05) is 20.8 Å². The SMILES string of the molecule is COc1ccc(CCN2C(=O)C3=C(C(=O)C4CC(C)C(C)CC4O3)C2c2cccc(O)c2)cc1OC. The van der Waals surface area contributed by atoms with Crippen LogP contribution in [0.3, 0.4) is 0 Å². The van der Waals surface area contributed by atoms with Crippen LogP contribution in [0.2, 0.25) is 0 Å². The summed E-state index contributed by atoms with van der Waals surface area (Å²) in [5.41, 5.74) is 2.11. The van der Waals surface area contributed by atoms with E-state index < -0.39 is 6.04 Å². The summed E-state index contributed by atoms with van der Waals surface area (Å²) in [4.78, 5) is 29.3. The van der Waals surface area contributed by atoms with E-state index in [-0.39, 0.29) is 35.2 Å². The monoisotopic (exact) mass is 491 g/mol. The van der Waals surface area contributed by atoms with Crippen LogP contribution in [-0.2, 0) is 20.7 Å². The summed E-state index contributed by atoms with van der Waals surface area (Å²) in [6.45, 7) is 4.74. The van der Waals surface area contributed by atoms with Gasteiger partial charge < -0.3 is 24.2 Å². The zero-order valence-electron chi connectivity index (χ0n) is 21.2. The van der Waals surface area contributed by atoms with E-state index in [1.165, 1.54) is 0 Å². The number of Topliss-reactive ketones (excluding diaryl/α,β-unsaturated/α-hetero) is 1. The number of fused-ring (bicyclic) bond motifs is 1. The number of ketones is 1. The third kappa shape index (κ3) is 4.10. The number of nitrogens with zero attached hydrogens (tertiary/aromatic N) is 1. The van der Waals surface area contributed by atoms with Gasteiger partial charge in [0.05, 0.1) is 31.8 Å². The van der Waals surface area contributed by atoms with Crippen molar-refractivity contribution in [3.63, 3.8) is 0 Å². The molecule has 1 N–H and O–H groups in total. The van der Waals surface area contributed by atoms with Gasteiger partial charge in [0, 0.05) is 6.54 Å². The fraction of sp³-hybridized carbons (Fsp3) is 0.448. The molecule has 1 amide bonds. The lowest BCUT2D eigenvalue weighted by Gasteiger charge is -2.40. The molecule has 0 spiro atoms. The molecule has 2 aromatic rings. The minimum atomic E-state index is -0.595. The van der Waals surface area contributed by atoms with Gasteiger partial charge >= 0.3 is 0 Å². The normalized spacial score (nSPS) is 27.4. The zero-order valence-corrected chi connectivity index (χ0v) is 21.2. The fourth-order valence-corrected chi connectivity index (χ4v) is 5.87. The van der Waals surface area contributed by atoms with Crippen molar-refractivity contribution in [1.29, 1.82) is 0 Å². The number of carbonyl (C=O) groups excluding carboxylic acids is 2. The largest absolute Gasteiger partial charge is 0.508 e. The van der Waals surface area contributed by atoms with Gasteiger partial charge in [-0.1, -0.05) is 32.0 Å². The Morgan fingerprint density at radius 1 is 1.00 bits per heavy atom. The fourth-order valence-electron chi connectivity index (χ4n) is 5.87. The molecule has 7 nitrogen and oxygen atoms in total. The molecule has 2 aromatic carbocycles. The highest BCUT2D eigenvalue weighted by Gasteiger charge is 2.53. The number of methoxy groups -OCH3 is 2. The molecule has 5 rings (SSSR count). The standard InChI is InChI=1S/C29H33NO6/c1-16-12-21-23(13-17(16)2)36-28-25(27(21)32)26(19-6-5-7-20(31)15-19)30(29(28)33)11-10-18-8-9-22(34-3)24(14-18)35-4/h5-9,14-17,21,23,26,31H,10-13H2,1-4H3. The number of phenolic OH excluding ortho intramolecular Hbond substituents is 1. The minimum absolute atomic E-state index is 0.00955. The van der Waals surface area contributed by atoms with Gasteiger partial charge in [-0.15, -0.1) is 0 Å². The van der Waals surface area contributed by atoms with Gasteiger partial charge in [-0.25, -0.2) is 0 Å². The molecule has 5 unspecified atom stereocenters. The molecular weight excluding hydrogens is 458 g/mol. The quantitative estimate of drug-likeness (QED) is 0.643. The Kier molecular flexibility index (Phi) is 6.41. The molecule has 1 aliphatic carbocycles. The van der Waals surface area contributed by atoms with E-state index in [4.69, 9.17) is 14.2 Å². The smallest absolute Gasteiger partial charge is 0.290 e. The highest BCUT2D eigenvalue weighted by Crippen LogP contribution is 2.48. The maximum atomic E-state index is 13.9. The number of rotatable bonds is 6. The van der Waals surface area contributed by atoms with Crippen LogP contribution in [0.5, 0.6) is 17.2 Å². The first-order valence-electron chi connectivity index (χ1n) is 12.6. The van der Waals surface area contributed by atoms with E-state index >= 15 is 0 Å². The van der Waals surface area contributed by atoms with E-state index in [1.807, 2.05) is 24.3 Å². The lowest BCUT2D eigenvalue weighted by atomic mass is 9.70. The van der Waals surface area contributed by atoms with Crippen molar-refractivity contribution in [3.8, 4) is 17.2 Å². The van der Waals surface area contributed by atoms with Crippen LogP contribution in [0, 0.1) is 17.8 Å². The number of hydrogen-bond acceptors (Lipinski definition) is 6. The van der Waals surface area contributed by atoms with Crippen molar-refractivity contribution in [2.24, 2.45) is 17.8 Å². The summed E-state index contributed by atoms with van der Waals surface area (Å²) >= 11 is 0. The second-order valence-electron chi connectivity index (χ2n) is 10.2. The van der Waals surface area contributed by atoms with Gasteiger partial charge in [-0.3, -0.25) is 9.59 Å². The third-order valence-electron chi connectivity index (χ3n) is 8.08. The Hall–Kier alpha value is -3.48. The molecule has 0 radical (unpaired) electrons. The number of phenols is 1. The second kappa shape index (κ2) is 9.52. The maximum absolute atomic E-state index is 13.9. The summed E-state index contributed by atoms with van der Waals surface area (Å²) in [6, 6.07) is 11.9. The van der Waals surface area contributed by atoms with Crippen LogP contribution >= 0.6 is 0 Å². The molecule has 0 aromatic heterocycles. The average Bonchev–Trinajstić information content (AvgIpc) is 3.15. The number of aromatic hydroxyl groups is 1. The zero-order chi connectivity index (χ0) is 25.6. The van der Waals surface area contributed by atoms with E-state index in [0.29, 0.717) is 47.4 Å². The molecule has 2 aliphatic heterocycles. The number of benzene rings is 2. The Balaban J connectivity index is 1.48. The van der Waals surface area contributed by atoms with Gasteiger partial charge in [0.1, 0.15) is 11.9 Å². The Morgan fingerprint density at radius 3 is 2.47 bits per heavy atom. The number of amides is 1. The van der Waals surface area contributed by atoms with E-state index in [1.54, 1.807) is 37.3 Å². The van der Waals surface area contributed by atoms with E-state index in [2.05, 4.69) is 13.8 Å². The van der Waals surface area contributed by atoms with Crippen molar-refractivity contribution in [1.82, 2.24) is 4.90 Å². The molecule has 7 heteroatoms. The number of hydrogen-bond donors (Lipinski definition) is 1. The van der Waals surface area contributed by atoms with Crippen LogP contribution in [-0.4, -0.2) is 48.6 Å². The van der Waals surface area contributed by atoms with Crippen molar-refractivity contribution in [3.05, 3.63) is 64.9 Å². The molecule has 0 saturated heterocycles. The molecule has 1 saturated carbocycles. The molecule has 3 aliphatic rings. The van der Waals surface area contributed by atoms with E-state index in [9.17, 15) is 14.7 Å². The molecule has 1 fully saturated rings. The number of ether oxygens (including phenoxy) is 3. The molecule has 36 heavy (non-hydrogen) atoms. The predicted octanol–water partition coefficient (Wildman–Crippen LogP) is 4.44. The summed E-state index contributed by atoms with van der Waals surface area (Å²) in [7, 11) is 3.18. The lowest BCUT2D eigenvalue weighted by molar-refractivity contribution is -0.137. The minimum Gasteiger partial charge on any atom is -0.508 e. The topological polar surface area (TPSA) is 85.3 Å². The molecular formula is C29H33NO6. The first-order valence-corrected chi connectivity index (χ1v) is 12.6. The summed E-state index contributed by atoms with van der Waals surface area (Å²) in [6.07, 6.45) is 1.82. The summed E-state index contributed by atoms with van der Waals surface area (Å²) in [5, 5.41) is 10.2. The van der Waals surface area contributed by atoms with Gasteiger partial charge in [-0.05, 0) is 66.5 Å². The molecule has 190 valence electrons. The second-order valence-corrected chi connectivity index (χ2v) is 10.2. The number of carbonyl (C=O) groups is 2. The van der Waals surface area contributed by atoms with Crippen LogP contribution in [0.15, 0.2) is 53.8 Å². The molecule has 5 atom stereocenters. The van der Waals surface area contributed by atoms with Crippen molar-refractivity contribution in [2.45, 2.75) is 45.3 Å². The van der Waals surface area contributed by atoms with Crippen LogP contribution < -0.4 is 9.47 Å². The molecule has 2 heterocycles. The van der Waals surface area contributed by atoms with Crippen molar-refractivity contribution >= 4 is 11.7 Å². The summed E-state index contributed by atoms with van der Waals surface area (Å²) in [5.74, 6) is 1.88. The third-order valence-corrected chi connectivity index (χ3v) is 8.08. The van der Waals surface area contributed by atoms with Crippen LogP contribution in [0.1, 0.15) is 43.9 Å². The summed E-state index contributed by atoms with van der Waals surface area (Å²) < 4.78 is 17.1. The molecule has 0 bridgehead atoms. The predicted molar refractivity (Wildman–Crippen MR) is 134 cm³/mol. The highest BCUT2D eigenvalue weighted by molar-refractivity contribution is 6.11. The average molecular weight is 492 g/mol. The van der Waals surface area contributed by atoms with E-state index in [0.717, 1.165) is 18.4 Å². The Morgan fingerprint density at radius 2 is 1.75 bits per heavy atom. The Bertz CT molecular complexity index is 1220. The first kappa shape index (κ1) is 24.2. The Labute approximate surface area is 211 Å². The van der Waals surface area contributed by atoms with Crippen LogP contribution in [0.4, 0.5) is 0 Å². The highest BCUT2D eigenvalue weighted by atomic mass is 16.5. The lowest BCUT2D eigenvalue weighted by Crippen LogP contribution is -2.43. The van der Waals surface area contributed by atoms with Crippen LogP contribution in [0.25, 0.3) is 0 Å². The van der Waals surface area contributed by atoms with Gasteiger partial charge in [0.2, 0.25) is 0 Å². The van der Waals surface area contributed by atoms with Gasteiger partial charge in [0.25, 0.3) is 5.91 Å². The maximum Gasteiger partial charge on any atom is 0.290 e. The van der Waals surface area contributed by atoms with Gasteiger partial charge in [0.15, 0.2) is 23.0 Å². The first-order chi connectivity index (χ1) is 17.3. The van der Waals surface area contributed by atoms with Gasteiger partial charge in [-0.2, -0.15) is 0 Å².